The maximum absolute atomic E-state index is 13.7. The third-order valence-electron chi connectivity index (χ3n) is 6.77. The summed E-state index contributed by atoms with van der Waals surface area (Å²) < 4.78 is 28.5. The zero-order valence-electron chi connectivity index (χ0n) is 24.1. The van der Waals surface area contributed by atoms with Gasteiger partial charge < -0.3 is 26.7 Å². The number of rotatable bonds is 16. The van der Waals surface area contributed by atoms with Crippen molar-refractivity contribution in [1.29, 1.82) is 0 Å². The first-order valence-corrected chi connectivity index (χ1v) is 15.2. The van der Waals surface area contributed by atoms with Crippen molar-refractivity contribution in [3.05, 3.63) is 65.7 Å². The fourth-order valence-electron chi connectivity index (χ4n) is 4.31. The predicted octanol–water partition coefficient (Wildman–Crippen LogP) is 1.72. The molecule has 0 aromatic heterocycles. The molecule has 0 aliphatic rings. The molecule has 226 valence electrons. The quantitative estimate of drug-likeness (QED) is 0.113. The molecule has 0 aliphatic carbocycles. The van der Waals surface area contributed by atoms with Crippen LogP contribution in [0.4, 0.5) is 0 Å². The average molecular weight is 590 g/mol. The molecule has 0 saturated carbocycles. The first kappa shape index (κ1) is 33.9. The molecule has 0 radical (unpaired) electrons. The summed E-state index contributed by atoms with van der Waals surface area (Å²) in [5, 5.41) is 28.7. The topological polar surface area (TPSA) is 174 Å². The molecule has 2 aromatic rings. The highest BCUT2D eigenvalue weighted by atomic mass is 32.2. The van der Waals surface area contributed by atoms with Gasteiger partial charge >= 0.3 is 0 Å². The number of amides is 2. The monoisotopic (exact) mass is 589 g/mol. The van der Waals surface area contributed by atoms with Crippen molar-refractivity contribution in [3.63, 3.8) is 0 Å². The van der Waals surface area contributed by atoms with E-state index in [1.807, 2.05) is 58.0 Å². The summed E-state index contributed by atoms with van der Waals surface area (Å²) in [4.78, 5) is 25.5. The van der Waals surface area contributed by atoms with Crippen LogP contribution in [0.5, 0.6) is 0 Å². The molecule has 2 rings (SSSR count). The molecular formula is C29H43N5O6S. The molecule has 6 N–H and O–H groups in total. The zero-order valence-corrected chi connectivity index (χ0v) is 24.9. The normalized spacial score (nSPS) is 15.0. The Morgan fingerprint density at radius 1 is 1.02 bits per heavy atom. The molecule has 0 unspecified atom stereocenters. The van der Waals surface area contributed by atoms with Crippen LogP contribution in [0.15, 0.2) is 64.6 Å². The van der Waals surface area contributed by atoms with E-state index >= 15 is 0 Å². The van der Waals surface area contributed by atoms with Gasteiger partial charge in [0.15, 0.2) is 0 Å². The van der Waals surface area contributed by atoms with Crippen LogP contribution in [-0.4, -0.2) is 78.9 Å². The Morgan fingerprint density at radius 2 is 1.66 bits per heavy atom. The Labute approximate surface area is 242 Å². The minimum atomic E-state index is -4.03. The number of aliphatic hydroxyl groups excluding tert-OH is 1. The van der Waals surface area contributed by atoms with E-state index in [0.717, 1.165) is 5.56 Å². The van der Waals surface area contributed by atoms with Crippen molar-refractivity contribution in [1.82, 2.24) is 14.9 Å². The summed E-state index contributed by atoms with van der Waals surface area (Å²) in [6, 6.07) is 13.3. The van der Waals surface area contributed by atoms with Gasteiger partial charge in [0.25, 0.3) is 0 Å². The molecule has 0 spiro atoms. The summed E-state index contributed by atoms with van der Waals surface area (Å²) in [6.45, 7) is 7.05. The van der Waals surface area contributed by atoms with Gasteiger partial charge in [-0.2, -0.15) is 4.31 Å². The van der Waals surface area contributed by atoms with Crippen LogP contribution in [0.1, 0.15) is 45.2 Å². The van der Waals surface area contributed by atoms with E-state index < -0.39 is 40.0 Å². The number of hydrogen-bond donors (Lipinski definition) is 5. The lowest BCUT2D eigenvalue weighted by molar-refractivity contribution is -0.130. The molecule has 4 atom stereocenters. The maximum atomic E-state index is 13.7. The first-order valence-electron chi connectivity index (χ1n) is 13.7. The Hall–Kier alpha value is -3.32. The lowest BCUT2D eigenvalue weighted by Crippen LogP contribution is -2.57. The summed E-state index contributed by atoms with van der Waals surface area (Å²) in [5.41, 5.74) is 6.81. The summed E-state index contributed by atoms with van der Waals surface area (Å²) >= 11 is 0. The third-order valence-corrected chi connectivity index (χ3v) is 8.62. The van der Waals surface area contributed by atoms with Crippen LogP contribution in [0.25, 0.3) is 0 Å². The summed E-state index contributed by atoms with van der Waals surface area (Å²) in [5.74, 6) is -1.23. The molecule has 12 heteroatoms. The van der Waals surface area contributed by atoms with Crippen molar-refractivity contribution < 1.29 is 28.3 Å². The molecular weight excluding hydrogens is 546 g/mol. The highest BCUT2D eigenvalue weighted by Gasteiger charge is 2.33. The Balaban J connectivity index is 2.39. The standard InChI is InChI=1S/C29H43N5O6S/c1-5-21(4)28(33-27(36)16-30)29(37)32-25(15-22-9-7-6-8-10-22)26(35)19-34(18-20(2)3)41(39,40)24-13-11-23(12-14-24)17-31-38/h6-14,17,20-21,25-26,28,35,38H,5,15-16,18-19,30H2,1-4H3,(H,32,37)(H,33,36)/t21-,25-,26-,28-/m0/s1. The van der Waals surface area contributed by atoms with Crippen LogP contribution >= 0.6 is 0 Å². The number of nitrogens with zero attached hydrogens (tertiary/aromatic N) is 2. The largest absolute Gasteiger partial charge is 0.411 e. The van der Waals surface area contributed by atoms with E-state index in [-0.39, 0.29) is 42.8 Å². The fourth-order valence-corrected chi connectivity index (χ4v) is 5.94. The van der Waals surface area contributed by atoms with Gasteiger partial charge in [0.2, 0.25) is 21.8 Å². The molecule has 0 fully saturated rings. The number of oxime groups is 1. The zero-order chi connectivity index (χ0) is 30.6. The number of carbonyl (C=O) groups is 2. The maximum Gasteiger partial charge on any atom is 0.243 e. The van der Waals surface area contributed by atoms with Crippen LogP contribution in [0, 0.1) is 11.8 Å². The van der Waals surface area contributed by atoms with E-state index in [0.29, 0.717) is 12.0 Å². The van der Waals surface area contributed by atoms with Gasteiger partial charge in [-0.15, -0.1) is 0 Å². The second kappa shape index (κ2) is 16.2. The van der Waals surface area contributed by atoms with Gasteiger partial charge in [-0.3, -0.25) is 9.59 Å². The smallest absolute Gasteiger partial charge is 0.243 e. The number of benzene rings is 2. The van der Waals surface area contributed by atoms with Gasteiger partial charge in [0.05, 0.1) is 29.8 Å². The lowest BCUT2D eigenvalue weighted by atomic mass is 9.96. The highest BCUT2D eigenvalue weighted by Crippen LogP contribution is 2.20. The Bertz CT molecular complexity index is 1240. The van der Waals surface area contributed by atoms with Gasteiger partial charge in [0, 0.05) is 13.1 Å². The SMILES string of the molecule is CC[C@H](C)[C@H](NC(=O)CN)C(=O)N[C@@H](Cc1ccccc1)[C@@H](O)CN(CC(C)C)S(=O)(=O)c1ccc(C=NO)cc1. The van der Waals surface area contributed by atoms with Crippen LogP contribution in [0.2, 0.25) is 0 Å². The predicted molar refractivity (Wildman–Crippen MR) is 158 cm³/mol. The molecule has 0 heterocycles. The van der Waals surface area contributed by atoms with Crippen molar-refractivity contribution in [2.75, 3.05) is 19.6 Å². The van der Waals surface area contributed by atoms with Gasteiger partial charge in [0.1, 0.15) is 6.04 Å². The van der Waals surface area contributed by atoms with E-state index in [1.165, 1.54) is 34.8 Å². The molecule has 0 saturated heterocycles. The minimum Gasteiger partial charge on any atom is -0.411 e. The van der Waals surface area contributed by atoms with Crippen LogP contribution in [-0.2, 0) is 26.0 Å². The van der Waals surface area contributed by atoms with Crippen LogP contribution < -0.4 is 16.4 Å². The summed E-state index contributed by atoms with van der Waals surface area (Å²) in [6.07, 6.45) is 0.747. The number of sulfonamides is 1. The minimum absolute atomic E-state index is 0.0189. The molecule has 2 aromatic carbocycles. The van der Waals surface area contributed by atoms with E-state index in [1.54, 1.807) is 0 Å². The van der Waals surface area contributed by atoms with Gasteiger partial charge in [-0.05, 0) is 41.5 Å². The average Bonchev–Trinajstić information content (AvgIpc) is 2.95. The second-order valence-corrected chi connectivity index (χ2v) is 12.5. The molecule has 41 heavy (non-hydrogen) atoms. The second-order valence-electron chi connectivity index (χ2n) is 10.5. The number of aliphatic hydroxyl groups is 1. The van der Waals surface area contributed by atoms with Crippen molar-refractivity contribution in [3.8, 4) is 0 Å². The first-order chi connectivity index (χ1) is 19.4. The lowest BCUT2D eigenvalue weighted by Gasteiger charge is -2.32. The molecule has 0 aliphatic heterocycles. The van der Waals surface area contributed by atoms with Crippen molar-refractivity contribution in [2.24, 2.45) is 22.7 Å². The number of nitrogens with two attached hydrogens (primary N) is 1. The van der Waals surface area contributed by atoms with Gasteiger partial charge in [-0.25, -0.2) is 8.42 Å². The van der Waals surface area contributed by atoms with Crippen molar-refractivity contribution >= 4 is 28.1 Å². The molecule has 0 bridgehead atoms. The molecule has 11 nitrogen and oxygen atoms in total. The molecule has 2 amide bonds. The van der Waals surface area contributed by atoms with E-state index in [9.17, 15) is 23.1 Å². The van der Waals surface area contributed by atoms with E-state index in [2.05, 4.69) is 15.8 Å². The Morgan fingerprint density at radius 3 is 2.20 bits per heavy atom. The Kier molecular flexibility index (Phi) is 13.4. The number of hydrogen-bond acceptors (Lipinski definition) is 8. The van der Waals surface area contributed by atoms with Crippen molar-refractivity contribution in [2.45, 2.75) is 63.6 Å². The van der Waals surface area contributed by atoms with E-state index in [4.69, 9.17) is 10.9 Å². The van der Waals surface area contributed by atoms with Crippen LogP contribution in [0.3, 0.4) is 0 Å². The summed E-state index contributed by atoms with van der Waals surface area (Å²) in [7, 11) is -4.03. The highest BCUT2D eigenvalue weighted by molar-refractivity contribution is 7.89. The number of nitrogens with one attached hydrogen (secondary N) is 2. The third kappa shape index (κ3) is 10.2. The number of carbonyl (C=O) groups excluding carboxylic acids is 2. The van der Waals surface area contributed by atoms with Gasteiger partial charge in [-0.1, -0.05) is 81.7 Å². The fraction of sp³-hybridized carbons (Fsp3) is 0.483.